The Hall–Kier alpha value is -3.98. The van der Waals surface area contributed by atoms with Crippen LogP contribution < -0.4 is 20.4 Å². The molecule has 0 saturated carbocycles. The van der Waals surface area contributed by atoms with Gasteiger partial charge in [-0.3, -0.25) is 19.3 Å². The smallest absolute Gasteiger partial charge is 0.276 e. The molecule has 34 heavy (non-hydrogen) atoms. The van der Waals surface area contributed by atoms with E-state index in [9.17, 15) is 14.4 Å². The van der Waals surface area contributed by atoms with Crippen LogP contribution in [0.3, 0.4) is 0 Å². The predicted octanol–water partition coefficient (Wildman–Crippen LogP) is 3.58. The van der Waals surface area contributed by atoms with E-state index < -0.39 is 5.91 Å². The number of halogens is 1. The van der Waals surface area contributed by atoms with Gasteiger partial charge in [0.05, 0.1) is 22.6 Å². The highest BCUT2D eigenvalue weighted by Gasteiger charge is 2.27. The molecular weight excluding hydrogens is 456 g/mol. The fourth-order valence-electron chi connectivity index (χ4n) is 4.04. The number of fused-ring (bicyclic) bond motifs is 1. The van der Waals surface area contributed by atoms with E-state index >= 15 is 0 Å². The lowest BCUT2D eigenvalue weighted by atomic mass is 10.1. The zero-order valence-corrected chi connectivity index (χ0v) is 18.9. The molecule has 2 aromatic carbocycles. The minimum atomic E-state index is -0.464. The third kappa shape index (κ3) is 4.29. The fourth-order valence-corrected chi connectivity index (χ4v) is 4.22. The summed E-state index contributed by atoms with van der Waals surface area (Å²) in [6.07, 6.45) is 3.56. The summed E-state index contributed by atoms with van der Waals surface area (Å²) >= 11 is 6.18. The van der Waals surface area contributed by atoms with E-state index in [-0.39, 0.29) is 29.1 Å². The third-order valence-corrected chi connectivity index (χ3v) is 6.02. The predicted molar refractivity (Wildman–Crippen MR) is 130 cm³/mol. The normalized spacial score (nSPS) is 15.0. The molecule has 0 spiro atoms. The summed E-state index contributed by atoms with van der Waals surface area (Å²) in [6.45, 7) is 1.63. The maximum atomic E-state index is 13.1. The van der Waals surface area contributed by atoms with Crippen LogP contribution in [-0.4, -0.2) is 47.3 Å². The highest BCUT2D eigenvalue weighted by Crippen LogP contribution is 2.30. The first-order chi connectivity index (χ1) is 16.5. The van der Waals surface area contributed by atoms with E-state index in [0.29, 0.717) is 28.6 Å². The molecule has 10 heteroatoms. The van der Waals surface area contributed by atoms with Gasteiger partial charge in [-0.25, -0.2) is 9.97 Å². The lowest BCUT2D eigenvalue weighted by Crippen LogP contribution is -2.42. The number of carbonyl (C=O) groups is 3. The van der Waals surface area contributed by atoms with Crippen molar-refractivity contribution >= 4 is 52.3 Å². The molecule has 1 fully saturated rings. The number of aromatic nitrogens is 2. The first-order valence-corrected chi connectivity index (χ1v) is 11.3. The molecule has 0 bridgehead atoms. The Labute approximate surface area is 200 Å². The number of nitrogens with one attached hydrogen (secondary N) is 2. The van der Waals surface area contributed by atoms with Crippen molar-refractivity contribution in [1.82, 2.24) is 9.97 Å². The molecule has 5 rings (SSSR count). The zero-order chi connectivity index (χ0) is 23.7. The lowest BCUT2D eigenvalue weighted by Gasteiger charge is -2.29. The van der Waals surface area contributed by atoms with Crippen LogP contribution in [0.25, 0.3) is 0 Å². The summed E-state index contributed by atoms with van der Waals surface area (Å²) in [7, 11) is 0. The van der Waals surface area contributed by atoms with Crippen molar-refractivity contribution in [3.63, 3.8) is 0 Å². The van der Waals surface area contributed by atoms with Crippen LogP contribution in [0.1, 0.15) is 33.7 Å². The molecule has 0 aliphatic carbocycles. The Balaban J connectivity index is 1.31. The van der Waals surface area contributed by atoms with Crippen LogP contribution in [-0.2, 0) is 4.79 Å². The van der Waals surface area contributed by atoms with Crippen LogP contribution in [0.15, 0.2) is 54.7 Å². The summed E-state index contributed by atoms with van der Waals surface area (Å²) in [5.41, 5.74) is 2.19. The quantitative estimate of drug-likeness (QED) is 0.596. The number of rotatable bonds is 4. The molecular formula is C24H21ClN6O3. The van der Waals surface area contributed by atoms with Crippen LogP contribution in [0.2, 0.25) is 5.02 Å². The minimum absolute atomic E-state index is 0.0695. The van der Waals surface area contributed by atoms with Gasteiger partial charge in [0.25, 0.3) is 11.8 Å². The molecule has 0 radical (unpaired) electrons. The molecule has 2 aliphatic rings. The van der Waals surface area contributed by atoms with Crippen molar-refractivity contribution in [1.29, 1.82) is 0 Å². The van der Waals surface area contributed by atoms with Gasteiger partial charge in [-0.05, 0) is 49.2 Å². The van der Waals surface area contributed by atoms with Crippen molar-refractivity contribution < 1.29 is 14.4 Å². The maximum Gasteiger partial charge on any atom is 0.276 e. The molecule has 2 aliphatic heterocycles. The van der Waals surface area contributed by atoms with Gasteiger partial charge >= 0.3 is 0 Å². The van der Waals surface area contributed by atoms with Gasteiger partial charge in [-0.15, -0.1) is 0 Å². The first-order valence-electron chi connectivity index (χ1n) is 10.9. The van der Waals surface area contributed by atoms with E-state index in [0.717, 1.165) is 25.9 Å². The SMILES string of the molecule is O=C1CN(C(=O)c2ccc(NC(=O)c3nc(N4CCCC4)ncc3Cl)cc2)c2ccccc2N1. The first kappa shape index (κ1) is 21.8. The molecule has 172 valence electrons. The van der Waals surface area contributed by atoms with E-state index in [4.69, 9.17) is 11.6 Å². The van der Waals surface area contributed by atoms with Crippen molar-refractivity contribution in [2.75, 3.05) is 40.1 Å². The Kier molecular flexibility index (Phi) is 5.85. The van der Waals surface area contributed by atoms with Crippen LogP contribution >= 0.6 is 11.6 Å². The van der Waals surface area contributed by atoms with Gasteiger partial charge in [-0.1, -0.05) is 23.7 Å². The Bertz CT molecular complexity index is 1270. The van der Waals surface area contributed by atoms with Gasteiger partial charge in [0, 0.05) is 24.3 Å². The largest absolute Gasteiger partial charge is 0.341 e. The van der Waals surface area contributed by atoms with E-state index in [1.807, 2.05) is 11.0 Å². The maximum absolute atomic E-state index is 13.1. The molecule has 3 amide bonds. The number of anilines is 4. The number of nitrogens with zero attached hydrogens (tertiary/aromatic N) is 4. The Morgan fingerprint density at radius 1 is 1.03 bits per heavy atom. The van der Waals surface area contributed by atoms with E-state index in [2.05, 4.69) is 20.6 Å². The van der Waals surface area contributed by atoms with Gasteiger partial charge in [0.2, 0.25) is 11.9 Å². The van der Waals surface area contributed by atoms with Gasteiger partial charge in [0.1, 0.15) is 6.54 Å². The van der Waals surface area contributed by atoms with Crippen molar-refractivity contribution in [2.45, 2.75) is 12.8 Å². The van der Waals surface area contributed by atoms with Crippen molar-refractivity contribution in [3.05, 3.63) is 71.0 Å². The summed E-state index contributed by atoms with van der Waals surface area (Å²) in [4.78, 5) is 50.0. The molecule has 1 aromatic heterocycles. The zero-order valence-electron chi connectivity index (χ0n) is 18.1. The summed E-state index contributed by atoms with van der Waals surface area (Å²) < 4.78 is 0. The summed E-state index contributed by atoms with van der Waals surface area (Å²) in [5.74, 6) is -0.548. The third-order valence-electron chi connectivity index (χ3n) is 5.74. The van der Waals surface area contributed by atoms with E-state index in [1.165, 1.54) is 11.1 Å². The summed E-state index contributed by atoms with van der Waals surface area (Å²) in [5, 5.41) is 5.69. The fraction of sp³-hybridized carbons (Fsp3) is 0.208. The van der Waals surface area contributed by atoms with Crippen LogP contribution in [0.5, 0.6) is 0 Å². The molecule has 3 heterocycles. The highest BCUT2D eigenvalue weighted by atomic mass is 35.5. The summed E-state index contributed by atoms with van der Waals surface area (Å²) in [6, 6.07) is 13.6. The van der Waals surface area contributed by atoms with Crippen LogP contribution in [0, 0.1) is 0 Å². The Morgan fingerprint density at radius 2 is 1.76 bits per heavy atom. The average molecular weight is 477 g/mol. The molecule has 3 aromatic rings. The number of benzene rings is 2. The monoisotopic (exact) mass is 476 g/mol. The molecule has 9 nitrogen and oxygen atoms in total. The van der Waals surface area contributed by atoms with E-state index in [1.54, 1.807) is 42.5 Å². The number of carbonyl (C=O) groups excluding carboxylic acids is 3. The second kappa shape index (κ2) is 9.11. The van der Waals surface area contributed by atoms with Crippen LogP contribution in [0.4, 0.5) is 23.0 Å². The average Bonchev–Trinajstić information content (AvgIpc) is 3.39. The number of para-hydroxylation sites is 2. The molecule has 2 N–H and O–H groups in total. The highest BCUT2D eigenvalue weighted by molar-refractivity contribution is 6.34. The van der Waals surface area contributed by atoms with Crippen molar-refractivity contribution in [2.24, 2.45) is 0 Å². The Morgan fingerprint density at radius 3 is 2.53 bits per heavy atom. The molecule has 1 saturated heterocycles. The standard InChI is InChI=1S/C24H21ClN6O3/c25-17-13-26-24(30-11-3-4-12-30)29-21(17)22(33)27-16-9-7-15(8-10-16)23(34)31-14-20(32)28-18-5-1-2-6-19(18)31/h1-2,5-10,13H,3-4,11-12,14H2,(H,27,33)(H,28,32). The van der Waals surface area contributed by atoms with Gasteiger partial charge in [0.15, 0.2) is 5.69 Å². The second-order valence-corrected chi connectivity index (χ2v) is 8.46. The molecule has 0 unspecified atom stereocenters. The second-order valence-electron chi connectivity index (χ2n) is 8.05. The van der Waals surface area contributed by atoms with Gasteiger partial charge < -0.3 is 15.5 Å². The molecule has 0 atom stereocenters. The van der Waals surface area contributed by atoms with Crippen molar-refractivity contribution in [3.8, 4) is 0 Å². The minimum Gasteiger partial charge on any atom is -0.341 e. The number of hydrogen-bond donors (Lipinski definition) is 2. The lowest BCUT2D eigenvalue weighted by molar-refractivity contribution is -0.115. The number of amides is 3. The number of hydrogen-bond acceptors (Lipinski definition) is 6. The topological polar surface area (TPSA) is 108 Å². The van der Waals surface area contributed by atoms with Gasteiger partial charge in [-0.2, -0.15) is 0 Å².